The number of methoxy groups -OCH3 is 1. The molecule has 0 amide bonds. The summed E-state index contributed by atoms with van der Waals surface area (Å²) >= 11 is 12.0. The van der Waals surface area contributed by atoms with Gasteiger partial charge in [-0.2, -0.15) is 4.98 Å². The standard InChI is InChI=1S/C21H23Cl2N5O4/c1-26-16-17(25-20(26)24-13-6-5-12(9-13)19(30)32-3)27(2)21(31)28(18(16)29)10-11-4-7-14(22)15(23)8-11/h4,7-8,12-13H,5-6,9-10H2,1-3H3,(H,24,25)/t12-,13-/m0/s1. The summed E-state index contributed by atoms with van der Waals surface area (Å²) in [4.78, 5) is 42.5. The number of anilines is 1. The second-order valence-electron chi connectivity index (χ2n) is 8.02. The smallest absolute Gasteiger partial charge is 0.332 e. The molecule has 11 heteroatoms. The van der Waals surface area contributed by atoms with Gasteiger partial charge in [-0.05, 0) is 37.0 Å². The number of esters is 1. The summed E-state index contributed by atoms with van der Waals surface area (Å²) in [6, 6.07) is 5.00. The van der Waals surface area contributed by atoms with Crippen molar-refractivity contribution in [2.75, 3.05) is 12.4 Å². The molecule has 1 aliphatic rings. The van der Waals surface area contributed by atoms with E-state index in [1.54, 1.807) is 36.9 Å². The number of carbonyl (C=O) groups excluding carboxylic acids is 1. The Hall–Kier alpha value is -2.78. The number of benzene rings is 1. The maximum Gasteiger partial charge on any atom is 0.332 e. The van der Waals surface area contributed by atoms with Gasteiger partial charge >= 0.3 is 11.7 Å². The van der Waals surface area contributed by atoms with Crippen LogP contribution < -0.4 is 16.6 Å². The van der Waals surface area contributed by atoms with Crippen molar-refractivity contribution in [2.45, 2.75) is 31.8 Å². The average Bonchev–Trinajstić information content (AvgIpc) is 3.37. The normalized spacial score (nSPS) is 18.3. The number of hydrogen-bond acceptors (Lipinski definition) is 6. The summed E-state index contributed by atoms with van der Waals surface area (Å²) in [7, 11) is 4.69. The van der Waals surface area contributed by atoms with Crippen molar-refractivity contribution in [3.05, 3.63) is 54.6 Å². The Labute approximate surface area is 193 Å². The average molecular weight is 480 g/mol. The first-order chi connectivity index (χ1) is 15.2. The number of halogens is 2. The summed E-state index contributed by atoms with van der Waals surface area (Å²) < 4.78 is 8.99. The van der Waals surface area contributed by atoms with Gasteiger partial charge in [0.05, 0.1) is 29.6 Å². The molecule has 1 saturated carbocycles. The molecule has 0 spiro atoms. The van der Waals surface area contributed by atoms with E-state index in [2.05, 4.69) is 10.3 Å². The maximum absolute atomic E-state index is 13.3. The highest BCUT2D eigenvalue weighted by Gasteiger charge is 2.31. The zero-order valence-corrected chi connectivity index (χ0v) is 19.4. The highest BCUT2D eigenvalue weighted by Crippen LogP contribution is 2.29. The molecule has 0 saturated heterocycles. The van der Waals surface area contributed by atoms with Crippen molar-refractivity contribution in [1.82, 2.24) is 18.7 Å². The fourth-order valence-corrected chi connectivity index (χ4v) is 4.53. The second kappa shape index (κ2) is 8.63. The molecule has 0 aliphatic heterocycles. The molecule has 0 unspecified atom stereocenters. The Bertz CT molecular complexity index is 1330. The Morgan fingerprint density at radius 1 is 1.19 bits per heavy atom. The largest absolute Gasteiger partial charge is 0.469 e. The molecule has 0 bridgehead atoms. The number of aromatic nitrogens is 4. The molecule has 9 nitrogen and oxygen atoms in total. The number of fused-ring (bicyclic) bond motifs is 1. The molecule has 2 aromatic heterocycles. The van der Waals surface area contributed by atoms with Gasteiger partial charge in [-0.25, -0.2) is 4.79 Å². The zero-order chi connectivity index (χ0) is 23.2. The van der Waals surface area contributed by atoms with Crippen molar-refractivity contribution >= 4 is 46.3 Å². The number of rotatable bonds is 5. The summed E-state index contributed by atoms with van der Waals surface area (Å²) in [6.45, 7) is 0.0513. The van der Waals surface area contributed by atoms with Crippen LogP contribution in [0.3, 0.4) is 0 Å². The lowest BCUT2D eigenvalue weighted by Crippen LogP contribution is -2.39. The van der Waals surface area contributed by atoms with Crippen molar-refractivity contribution in [3.63, 3.8) is 0 Å². The predicted octanol–water partition coefficient (Wildman–Crippen LogP) is 2.54. The third-order valence-electron chi connectivity index (χ3n) is 5.99. The van der Waals surface area contributed by atoms with Crippen LogP contribution in [0.25, 0.3) is 11.2 Å². The van der Waals surface area contributed by atoms with E-state index in [0.717, 1.165) is 17.4 Å². The molecule has 1 aromatic carbocycles. The van der Waals surface area contributed by atoms with Crippen LogP contribution in [-0.2, 0) is 30.2 Å². The summed E-state index contributed by atoms with van der Waals surface area (Å²) in [5, 5.41) is 4.06. The topological polar surface area (TPSA) is 100 Å². The Balaban J connectivity index is 1.70. The highest BCUT2D eigenvalue weighted by molar-refractivity contribution is 6.42. The Morgan fingerprint density at radius 3 is 2.62 bits per heavy atom. The van der Waals surface area contributed by atoms with Crippen LogP contribution in [0.15, 0.2) is 27.8 Å². The van der Waals surface area contributed by atoms with E-state index < -0.39 is 11.2 Å². The maximum atomic E-state index is 13.3. The number of nitrogens with zero attached hydrogens (tertiary/aromatic N) is 4. The van der Waals surface area contributed by atoms with E-state index in [4.69, 9.17) is 27.9 Å². The van der Waals surface area contributed by atoms with Crippen LogP contribution in [0.2, 0.25) is 10.0 Å². The van der Waals surface area contributed by atoms with Gasteiger partial charge < -0.3 is 14.6 Å². The van der Waals surface area contributed by atoms with Crippen molar-refractivity contribution in [1.29, 1.82) is 0 Å². The summed E-state index contributed by atoms with van der Waals surface area (Å²) in [5.74, 6) is 0.0988. The minimum absolute atomic E-state index is 0.0186. The van der Waals surface area contributed by atoms with E-state index in [1.165, 1.54) is 11.7 Å². The molecule has 0 radical (unpaired) electrons. The molecular weight excluding hydrogens is 457 g/mol. The number of nitrogens with one attached hydrogen (secondary N) is 1. The molecule has 2 heterocycles. The molecule has 170 valence electrons. The van der Waals surface area contributed by atoms with E-state index in [1.807, 2.05) is 0 Å². The van der Waals surface area contributed by atoms with Gasteiger partial charge in [0.2, 0.25) is 5.95 Å². The quantitative estimate of drug-likeness (QED) is 0.564. The third kappa shape index (κ3) is 3.91. The number of carbonyl (C=O) groups is 1. The van der Waals surface area contributed by atoms with E-state index in [-0.39, 0.29) is 30.1 Å². The first-order valence-corrected chi connectivity index (χ1v) is 10.9. The summed E-state index contributed by atoms with van der Waals surface area (Å²) in [5.41, 5.74) is 0.342. The van der Waals surface area contributed by atoms with Gasteiger partial charge in [-0.15, -0.1) is 0 Å². The molecule has 4 rings (SSSR count). The molecule has 32 heavy (non-hydrogen) atoms. The van der Waals surface area contributed by atoms with Gasteiger partial charge in [0.1, 0.15) is 0 Å². The van der Waals surface area contributed by atoms with Gasteiger partial charge in [0.15, 0.2) is 11.2 Å². The fraction of sp³-hybridized carbons (Fsp3) is 0.429. The van der Waals surface area contributed by atoms with Crippen molar-refractivity contribution in [2.24, 2.45) is 20.0 Å². The number of hydrogen-bond donors (Lipinski definition) is 1. The Kier molecular flexibility index (Phi) is 6.05. The zero-order valence-electron chi connectivity index (χ0n) is 17.9. The molecule has 1 N–H and O–H groups in total. The van der Waals surface area contributed by atoms with E-state index >= 15 is 0 Å². The summed E-state index contributed by atoms with van der Waals surface area (Å²) in [6.07, 6.45) is 2.13. The van der Waals surface area contributed by atoms with Crippen LogP contribution in [0.4, 0.5) is 5.95 Å². The van der Waals surface area contributed by atoms with Crippen molar-refractivity contribution < 1.29 is 9.53 Å². The van der Waals surface area contributed by atoms with Gasteiger partial charge in [0, 0.05) is 20.1 Å². The number of aryl methyl sites for hydroxylation is 2. The monoisotopic (exact) mass is 479 g/mol. The molecular formula is C21H23Cl2N5O4. The minimum atomic E-state index is -0.482. The lowest BCUT2D eigenvalue weighted by atomic mass is 10.1. The lowest BCUT2D eigenvalue weighted by molar-refractivity contribution is -0.145. The molecule has 1 fully saturated rings. The van der Waals surface area contributed by atoms with Crippen LogP contribution >= 0.6 is 23.2 Å². The molecule has 3 aromatic rings. The predicted molar refractivity (Wildman–Crippen MR) is 123 cm³/mol. The molecule has 2 atom stereocenters. The highest BCUT2D eigenvalue weighted by atomic mass is 35.5. The van der Waals surface area contributed by atoms with Gasteiger partial charge in [0.25, 0.3) is 5.56 Å². The lowest BCUT2D eigenvalue weighted by Gasteiger charge is -2.13. The SMILES string of the molecule is COC(=O)[C@H]1CC[C@H](Nc2nc3c(c(=O)n(Cc4ccc(Cl)c(Cl)c4)c(=O)n3C)n2C)C1. The van der Waals surface area contributed by atoms with Crippen molar-refractivity contribution in [3.8, 4) is 0 Å². The van der Waals surface area contributed by atoms with Gasteiger partial charge in [-0.3, -0.25) is 18.7 Å². The van der Waals surface area contributed by atoms with Crippen LogP contribution in [0.1, 0.15) is 24.8 Å². The van der Waals surface area contributed by atoms with E-state index in [0.29, 0.717) is 33.5 Å². The Morgan fingerprint density at radius 2 is 1.94 bits per heavy atom. The van der Waals surface area contributed by atoms with Crippen LogP contribution in [0, 0.1) is 5.92 Å². The first-order valence-electron chi connectivity index (χ1n) is 10.2. The van der Waals surface area contributed by atoms with Crippen LogP contribution in [-0.4, -0.2) is 37.8 Å². The number of ether oxygens (including phenoxy) is 1. The number of imidazole rings is 1. The van der Waals surface area contributed by atoms with Gasteiger partial charge in [-0.1, -0.05) is 29.3 Å². The third-order valence-corrected chi connectivity index (χ3v) is 6.72. The molecule has 1 aliphatic carbocycles. The first kappa shape index (κ1) is 22.4. The van der Waals surface area contributed by atoms with E-state index in [9.17, 15) is 14.4 Å². The fourth-order valence-electron chi connectivity index (χ4n) is 4.21. The second-order valence-corrected chi connectivity index (χ2v) is 8.84. The minimum Gasteiger partial charge on any atom is -0.469 e. The van der Waals surface area contributed by atoms with Crippen LogP contribution in [0.5, 0.6) is 0 Å².